The van der Waals surface area contributed by atoms with E-state index in [1.807, 2.05) is 25.1 Å². The van der Waals surface area contributed by atoms with Gasteiger partial charge in [-0.25, -0.2) is 9.97 Å². The van der Waals surface area contributed by atoms with Gasteiger partial charge in [-0.3, -0.25) is 4.79 Å². The Morgan fingerprint density at radius 3 is 3.12 bits per heavy atom. The fourth-order valence-electron chi connectivity index (χ4n) is 2.60. The van der Waals surface area contributed by atoms with Crippen molar-refractivity contribution in [2.24, 2.45) is 0 Å². The van der Waals surface area contributed by atoms with Gasteiger partial charge in [-0.1, -0.05) is 29.4 Å². The first-order valence-corrected chi connectivity index (χ1v) is 9.28. The second kappa shape index (κ2) is 7.05. The number of H-pyrrole nitrogens is 1. The summed E-state index contributed by atoms with van der Waals surface area (Å²) in [6.45, 7) is 2.15. The average Bonchev–Trinajstić information content (AvgIpc) is 3.24. The van der Waals surface area contributed by atoms with Gasteiger partial charge in [0.1, 0.15) is 0 Å². The Balaban J connectivity index is 1.35. The van der Waals surface area contributed by atoms with E-state index in [4.69, 9.17) is 21.1 Å². The molecular weight excluding hydrogens is 376 g/mol. The number of nitrogens with one attached hydrogen (secondary N) is 2. The van der Waals surface area contributed by atoms with Crippen LogP contribution in [0, 0.1) is 0 Å². The molecule has 0 bridgehead atoms. The van der Waals surface area contributed by atoms with Gasteiger partial charge in [0.15, 0.2) is 22.3 Å². The summed E-state index contributed by atoms with van der Waals surface area (Å²) in [6.07, 6.45) is 1.54. The minimum absolute atomic E-state index is 0.0911. The van der Waals surface area contributed by atoms with Gasteiger partial charge in [-0.05, 0) is 30.7 Å². The number of halogens is 1. The first-order chi connectivity index (χ1) is 12.6. The highest BCUT2D eigenvalue weighted by atomic mass is 35.5. The topological polar surface area (TPSA) is 89.1 Å². The zero-order valence-electron chi connectivity index (χ0n) is 13.8. The third-order valence-electron chi connectivity index (χ3n) is 3.90. The van der Waals surface area contributed by atoms with Crippen molar-refractivity contribution < 1.29 is 14.3 Å². The Kier molecular flexibility index (Phi) is 4.60. The van der Waals surface area contributed by atoms with E-state index in [1.165, 1.54) is 11.8 Å². The van der Waals surface area contributed by atoms with E-state index >= 15 is 0 Å². The molecule has 0 fully saturated rings. The monoisotopic (exact) mass is 390 g/mol. The molecule has 3 aromatic rings. The van der Waals surface area contributed by atoms with E-state index in [1.54, 1.807) is 12.3 Å². The highest BCUT2D eigenvalue weighted by Gasteiger charge is 2.17. The number of fused-ring (bicyclic) bond motifs is 2. The quantitative estimate of drug-likeness (QED) is 0.650. The summed E-state index contributed by atoms with van der Waals surface area (Å²) in [6, 6.07) is 7.26. The number of thioether (sulfide) groups is 1. The molecule has 2 aromatic heterocycles. The molecule has 26 heavy (non-hydrogen) atoms. The molecule has 1 amide bonds. The van der Waals surface area contributed by atoms with Crippen LogP contribution in [0.1, 0.15) is 18.5 Å². The number of ether oxygens (including phenoxy) is 2. The van der Waals surface area contributed by atoms with Gasteiger partial charge in [0.05, 0.1) is 22.3 Å². The highest BCUT2D eigenvalue weighted by molar-refractivity contribution is 7.99. The summed E-state index contributed by atoms with van der Waals surface area (Å²) in [7, 11) is 0. The Hall–Kier alpha value is -2.45. The van der Waals surface area contributed by atoms with Crippen LogP contribution in [0.3, 0.4) is 0 Å². The molecule has 2 N–H and O–H groups in total. The van der Waals surface area contributed by atoms with Crippen molar-refractivity contribution in [1.29, 1.82) is 0 Å². The van der Waals surface area contributed by atoms with E-state index in [-0.39, 0.29) is 24.5 Å². The molecule has 1 aliphatic rings. The van der Waals surface area contributed by atoms with E-state index < -0.39 is 0 Å². The first kappa shape index (κ1) is 17.0. The number of benzene rings is 1. The second-order valence-electron chi connectivity index (χ2n) is 5.76. The largest absolute Gasteiger partial charge is 0.454 e. The number of imidazole rings is 1. The second-order valence-corrected chi connectivity index (χ2v) is 7.16. The standard InChI is InChI=1S/C17H15ClN4O3S/c1-9(10-2-3-13-14(4-10)25-8-24-13)20-15(23)7-26-17-21-12-5-11(18)6-19-16(12)22-17/h2-6,9H,7-8H2,1H3,(H,20,23)(H,19,21,22)/t9-/m0/s1. The fourth-order valence-corrected chi connectivity index (χ4v) is 3.45. The number of aromatic nitrogens is 3. The van der Waals surface area contributed by atoms with Crippen LogP contribution in [-0.4, -0.2) is 33.4 Å². The van der Waals surface area contributed by atoms with Crippen LogP contribution in [0.15, 0.2) is 35.6 Å². The number of hydrogen-bond acceptors (Lipinski definition) is 6. The van der Waals surface area contributed by atoms with Crippen LogP contribution >= 0.6 is 23.4 Å². The normalized spacial score (nSPS) is 13.8. The molecule has 4 rings (SSSR count). The van der Waals surface area contributed by atoms with Gasteiger partial charge in [-0.2, -0.15) is 0 Å². The van der Waals surface area contributed by atoms with Crippen LogP contribution in [-0.2, 0) is 4.79 Å². The summed E-state index contributed by atoms with van der Waals surface area (Å²) in [5.41, 5.74) is 2.27. The Morgan fingerprint density at radius 1 is 1.38 bits per heavy atom. The fraction of sp³-hybridized carbons (Fsp3) is 0.235. The minimum atomic E-state index is -0.145. The first-order valence-electron chi connectivity index (χ1n) is 7.91. The van der Waals surface area contributed by atoms with Crippen LogP contribution in [0.5, 0.6) is 11.5 Å². The van der Waals surface area contributed by atoms with Crippen molar-refractivity contribution in [2.45, 2.75) is 18.1 Å². The average molecular weight is 391 g/mol. The molecule has 9 heteroatoms. The predicted octanol–water partition coefficient (Wildman–Crippen LogP) is 3.31. The lowest BCUT2D eigenvalue weighted by Gasteiger charge is -2.14. The molecule has 1 aromatic carbocycles. The lowest BCUT2D eigenvalue weighted by molar-refractivity contribution is -0.119. The van der Waals surface area contributed by atoms with Gasteiger partial charge in [0, 0.05) is 6.20 Å². The van der Waals surface area contributed by atoms with Gasteiger partial charge in [0.2, 0.25) is 12.7 Å². The Bertz CT molecular complexity index is 978. The summed E-state index contributed by atoms with van der Waals surface area (Å²) in [5.74, 6) is 1.57. The van der Waals surface area contributed by atoms with Crippen LogP contribution < -0.4 is 14.8 Å². The molecule has 0 spiro atoms. The molecule has 0 saturated heterocycles. The maximum absolute atomic E-state index is 12.2. The number of hydrogen-bond donors (Lipinski definition) is 2. The molecule has 3 heterocycles. The Morgan fingerprint density at radius 2 is 2.23 bits per heavy atom. The molecule has 1 aliphatic heterocycles. The van der Waals surface area contributed by atoms with Crippen molar-refractivity contribution in [3.05, 3.63) is 41.0 Å². The Labute approximate surface area is 158 Å². The third-order valence-corrected chi connectivity index (χ3v) is 4.98. The number of pyridine rings is 1. The molecule has 0 radical (unpaired) electrons. The third kappa shape index (κ3) is 3.56. The van der Waals surface area contributed by atoms with E-state index in [0.717, 1.165) is 16.8 Å². The summed E-state index contributed by atoms with van der Waals surface area (Å²) in [4.78, 5) is 23.8. The summed E-state index contributed by atoms with van der Waals surface area (Å²) >= 11 is 7.22. The van der Waals surface area contributed by atoms with Crippen molar-refractivity contribution in [2.75, 3.05) is 12.5 Å². The smallest absolute Gasteiger partial charge is 0.231 e. The summed E-state index contributed by atoms with van der Waals surface area (Å²) < 4.78 is 10.7. The van der Waals surface area contributed by atoms with Crippen LogP contribution in [0.2, 0.25) is 5.02 Å². The molecule has 0 aliphatic carbocycles. The zero-order valence-corrected chi connectivity index (χ0v) is 15.4. The van der Waals surface area contributed by atoms with Crippen molar-refractivity contribution >= 4 is 40.4 Å². The van der Waals surface area contributed by atoms with Crippen molar-refractivity contribution in [1.82, 2.24) is 20.3 Å². The molecule has 7 nitrogen and oxygen atoms in total. The van der Waals surface area contributed by atoms with E-state index in [0.29, 0.717) is 21.6 Å². The zero-order chi connectivity index (χ0) is 18.1. The van der Waals surface area contributed by atoms with Crippen LogP contribution in [0.4, 0.5) is 0 Å². The number of aromatic amines is 1. The summed E-state index contributed by atoms with van der Waals surface area (Å²) in [5, 5.41) is 4.13. The van der Waals surface area contributed by atoms with E-state index in [2.05, 4.69) is 20.3 Å². The number of rotatable bonds is 5. The molecular formula is C17H15ClN4O3S. The maximum atomic E-state index is 12.2. The predicted molar refractivity (Wildman–Crippen MR) is 98.7 cm³/mol. The molecule has 0 saturated carbocycles. The van der Waals surface area contributed by atoms with Gasteiger partial charge >= 0.3 is 0 Å². The number of amides is 1. The minimum Gasteiger partial charge on any atom is -0.454 e. The van der Waals surface area contributed by atoms with Gasteiger partial charge in [-0.15, -0.1) is 0 Å². The van der Waals surface area contributed by atoms with Gasteiger partial charge < -0.3 is 19.8 Å². The number of nitrogens with zero attached hydrogens (tertiary/aromatic N) is 2. The lowest BCUT2D eigenvalue weighted by Crippen LogP contribution is -2.28. The molecule has 0 unspecified atom stereocenters. The number of carbonyl (C=O) groups is 1. The maximum Gasteiger partial charge on any atom is 0.231 e. The van der Waals surface area contributed by atoms with Gasteiger partial charge in [0.25, 0.3) is 0 Å². The van der Waals surface area contributed by atoms with Crippen molar-refractivity contribution in [3.8, 4) is 11.5 Å². The molecule has 134 valence electrons. The SMILES string of the molecule is C[C@H](NC(=O)CSc1nc2ncc(Cl)cc2[nH]1)c1ccc2c(c1)OCO2. The highest BCUT2D eigenvalue weighted by Crippen LogP contribution is 2.34. The van der Waals surface area contributed by atoms with E-state index in [9.17, 15) is 4.79 Å². The molecule has 1 atom stereocenters. The number of carbonyl (C=O) groups excluding carboxylic acids is 1. The van der Waals surface area contributed by atoms with Crippen LogP contribution in [0.25, 0.3) is 11.2 Å². The van der Waals surface area contributed by atoms with Crippen molar-refractivity contribution in [3.63, 3.8) is 0 Å². The lowest BCUT2D eigenvalue weighted by atomic mass is 10.1.